The molecule has 1 atom stereocenters. The molecule has 0 amide bonds. The molecule has 1 unspecified atom stereocenters. The van der Waals surface area contributed by atoms with E-state index in [1.165, 1.54) is 0 Å². The average molecular weight is 372 g/mol. The SMILES string of the molecule is CC(C)(C)c1ccccc1OP(O)Oc1ccccc1.OP(O)O. The Bertz CT molecular complexity index is 598. The lowest BCUT2D eigenvalue weighted by Gasteiger charge is -2.23. The zero-order chi connectivity index (χ0) is 18.2. The predicted octanol–water partition coefficient (Wildman–Crippen LogP) is 3.85. The maximum Gasteiger partial charge on any atom is 0.460 e. The van der Waals surface area contributed by atoms with Crippen LogP contribution in [0.1, 0.15) is 26.3 Å². The number of rotatable bonds is 4. The van der Waals surface area contributed by atoms with Gasteiger partial charge in [-0.15, -0.1) is 0 Å². The van der Waals surface area contributed by atoms with Gasteiger partial charge in [0.25, 0.3) is 0 Å². The van der Waals surface area contributed by atoms with Gasteiger partial charge in [0, 0.05) is 5.56 Å². The Morgan fingerprint density at radius 2 is 1.25 bits per heavy atom. The maximum absolute atomic E-state index is 9.97. The van der Waals surface area contributed by atoms with Gasteiger partial charge in [0.1, 0.15) is 11.5 Å². The normalized spacial score (nSPS) is 12.2. The summed E-state index contributed by atoms with van der Waals surface area (Å²) in [6.07, 6.45) is 0. The van der Waals surface area contributed by atoms with Crippen molar-refractivity contribution in [3.8, 4) is 11.5 Å². The molecule has 2 rings (SSSR count). The minimum atomic E-state index is -2.62. The van der Waals surface area contributed by atoms with Gasteiger partial charge in [-0.2, -0.15) is 0 Å². The molecule has 0 bridgehead atoms. The Balaban J connectivity index is 0.000000648. The number of para-hydroxylation sites is 2. The fourth-order valence-electron chi connectivity index (χ4n) is 1.84. The van der Waals surface area contributed by atoms with Crippen LogP contribution in [0.2, 0.25) is 0 Å². The second-order valence-electron chi connectivity index (χ2n) is 5.75. The molecule has 0 radical (unpaired) electrons. The standard InChI is InChI=1S/C16H19O3P.H3O3P/c1-16(2,3)14-11-7-8-12-15(14)19-20(17)18-13-9-5-4-6-10-13;1-4(2)3/h4-12,17H,1-3H3;1-3H. The zero-order valence-corrected chi connectivity index (χ0v) is 15.5. The van der Waals surface area contributed by atoms with Crippen molar-refractivity contribution >= 4 is 17.2 Å². The lowest BCUT2D eigenvalue weighted by molar-refractivity contribution is 0.368. The third-order valence-electron chi connectivity index (χ3n) is 2.80. The van der Waals surface area contributed by atoms with E-state index in [-0.39, 0.29) is 5.41 Å². The first kappa shape index (κ1) is 20.8. The van der Waals surface area contributed by atoms with E-state index in [1.54, 1.807) is 12.1 Å². The Kier molecular flexibility index (Phi) is 8.57. The summed E-state index contributed by atoms with van der Waals surface area (Å²) in [5.41, 5.74) is 0.984. The molecule has 4 N–H and O–H groups in total. The first-order chi connectivity index (χ1) is 11.2. The highest BCUT2D eigenvalue weighted by atomic mass is 31.2. The second-order valence-corrected chi connectivity index (χ2v) is 7.13. The molecule has 0 spiro atoms. The van der Waals surface area contributed by atoms with E-state index < -0.39 is 17.2 Å². The molecule has 0 fully saturated rings. The van der Waals surface area contributed by atoms with Gasteiger partial charge in [-0.25, -0.2) is 0 Å². The van der Waals surface area contributed by atoms with Crippen molar-refractivity contribution in [3.05, 3.63) is 60.2 Å². The molecule has 132 valence electrons. The maximum atomic E-state index is 9.97. The first-order valence-electron chi connectivity index (χ1n) is 7.06. The third kappa shape index (κ3) is 8.02. The lowest BCUT2D eigenvalue weighted by Crippen LogP contribution is -2.12. The molecule has 0 aliphatic carbocycles. The minimum absolute atomic E-state index is 0.0560. The minimum Gasteiger partial charge on any atom is -0.418 e. The van der Waals surface area contributed by atoms with Crippen molar-refractivity contribution in [2.24, 2.45) is 0 Å². The van der Waals surface area contributed by atoms with Crippen molar-refractivity contribution in [1.82, 2.24) is 0 Å². The molecule has 0 heterocycles. The van der Waals surface area contributed by atoms with Crippen LogP contribution in [0.5, 0.6) is 11.5 Å². The highest BCUT2D eigenvalue weighted by molar-refractivity contribution is 7.41. The van der Waals surface area contributed by atoms with Crippen LogP contribution in [0, 0.1) is 0 Å². The van der Waals surface area contributed by atoms with Crippen molar-refractivity contribution in [2.75, 3.05) is 0 Å². The van der Waals surface area contributed by atoms with E-state index in [0.717, 1.165) is 5.56 Å². The molecule has 0 aliphatic rings. The smallest absolute Gasteiger partial charge is 0.418 e. The third-order valence-corrected chi connectivity index (χ3v) is 3.52. The molecule has 2 aromatic carbocycles. The molecule has 24 heavy (non-hydrogen) atoms. The van der Waals surface area contributed by atoms with Crippen LogP contribution in [-0.4, -0.2) is 19.6 Å². The summed E-state index contributed by atoms with van der Waals surface area (Å²) in [4.78, 5) is 31.7. The molecular formula is C16H22O6P2. The molecule has 0 aliphatic heterocycles. The predicted molar refractivity (Wildman–Crippen MR) is 95.6 cm³/mol. The summed E-state index contributed by atoms with van der Waals surface area (Å²) in [5.74, 6) is 1.25. The van der Waals surface area contributed by atoms with Crippen molar-refractivity contribution in [2.45, 2.75) is 26.2 Å². The highest BCUT2D eigenvalue weighted by Crippen LogP contribution is 2.40. The van der Waals surface area contributed by atoms with Gasteiger partial charge in [0.2, 0.25) is 0 Å². The summed E-state index contributed by atoms with van der Waals surface area (Å²) in [6.45, 7) is 6.31. The summed E-state index contributed by atoms with van der Waals surface area (Å²) in [5, 5.41) is 0. The van der Waals surface area contributed by atoms with Gasteiger partial charge in [-0.05, 0) is 23.6 Å². The van der Waals surface area contributed by atoms with Crippen LogP contribution < -0.4 is 9.05 Å². The van der Waals surface area contributed by atoms with Crippen molar-refractivity contribution < 1.29 is 28.6 Å². The Morgan fingerprint density at radius 3 is 1.79 bits per heavy atom. The monoisotopic (exact) mass is 372 g/mol. The van der Waals surface area contributed by atoms with Gasteiger partial charge < -0.3 is 28.6 Å². The molecule has 0 saturated carbocycles. The van der Waals surface area contributed by atoms with E-state index in [2.05, 4.69) is 20.8 Å². The van der Waals surface area contributed by atoms with E-state index in [1.807, 2.05) is 42.5 Å². The second kappa shape index (κ2) is 9.90. The number of hydrogen-bond acceptors (Lipinski definition) is 6. The Labute approximate surface area is 144 Å². The summed E-state index contributed by atoms with van der Waals surface area (Å²) in [7, 11) is -4.62. The fraction of sp³-hybridized carbons (Fsp3) is 0.250. The number of hydrogen-bond donors (Lipinski definition) is 4. The van der Waals surface area contributed by atoms with E-state index in [4.69, 9.17) is 23.7 Å². The van der Waals surface area contributed by atoms with Crippen LogP contribution in [-0.2, 0) is 5.41 Å². The van der Waals surface area contributed by atoms with Crippen LogP contribution in [0.25, 0.3) is 0 Å². The molecular weight excluding hydrogens is 350 g/mol. The highest BCUT2D eigenvalue weighted by Gasteiger charge is 2.21. The van der Waals surface area contributed by atoms with Gasteiger partial charge in [-0.1, -0.05) is 57.2 Å². The molecule has 6 nitrogen and oxygen atoms in total. The summed E-state index contributed by atoms with van der Waals surface area (Å²) >= 11 is 0. The molecule has 8 heteroatoms. The van der Waals surface area contributed by atoms with Gasteiger partial charge in [-0.3, -0.25) is 0 Å². The Morgan fingerprint density at radius 1 is 0.750 bits per heavy atom. The van der Waals surface area contributed by atoms with E-state index in [9.17, 15) is 4.89 Å². The van der Waals surface area contributed by atoms with Crippen LogP contribution in [0.3, 0.4) is 0 Å². The average Bonchev–Trinajstić information content (AvgIpc) is 2.47. The van der Waals surface area contributed by atoms with E-state index >= 15 is 0 Å². The van der Waals surface area contributed by atoms with Crippen molar-refractivity contribution in [3.63, 3.8) is 0 Å². The molecule has 2 aromatic rings. The van der Waals surface area contributed by atoms with Gasteiger partial charge >= 0.3 is 17.2 Å². The van der Waals surface area contributed by atoms with E-state index in [0.29, 0.717) is 11.5 Å². The lowest BCUT2D eigenvalue weighted by atomic mass is 9.86. The quantitative estimate of drug-likeness (QED) is 0.609. The van der Waals surface area contributed by atoms with Crippen LogP contribution in [0.15, 0.2) is 54.6 Å². The summed E-state index contributed by atoms with van der Waals surface area (Å²) in [6, 6.07) is 16.9. The summed E-state index contributed by atoms with van der Waals surface area (Å²) < 4.78 is 11.0. The fourth-order valence-corrected chi connectivity index (χ4v) is 2.51. The first-order valence-corrected chi connectivity index (χ1v) is 9.39. The molecule has 0 saturated heterocycles. The molecule has 0 aromatic heterocycles. The van der Waals surface area contributed by atoms with Crippen LogP contribution in [0.4, 0.5) is 0 Å². The van der Waals surface area contributed by atoms with Gasteiger partial charge in [0.15, 0.2) is 0 Å². The number of benzene rings is 2. The largest absolute Gasteiger partial charge is 0.460 e. The Hall–Kier alpha value is -1.26. The van der Waals surface area contributed by atoms with Crippen LogP contribution >= 0.6 is 17.2 Å². The topological polar surface area (TPSA) is 99.4 Å². The van der Waals surface area contributed by atoms with Gasteiger partial charge in [0.05, 0.1) is 0 Å². The zero-order valence-electron chi connectivity index (χ0n) is 13.7. The van der Waals surface area contributed by atoms with Crippen molar-refractivity contribution in [1.29, 1.82) is 0 Å².